The van der Waals surface area contributed by atoms with Crippen LogP contribution in [0, 0.1) is 0 Å². The number of ether oxygens (including phenoxy) is 2. The molecule has 2 amide bonds. The molecule has 1 N–H and O–H groups in total. The molecular formula is C24H23ClN2O4S. The molecule has 0 spiro atoms. The Morgan fingerprint density at radius 2 is 1.91 bits per heavy atom. The number of nitrogens with one attached hydrogen (secondary N) is 1. The molecule has 0 unspecified atom stereocenters. The van der Waals surface area contributed by atoms with Crippen LogP contribution < -0.4 is 14.8 Å². The van der Waals surface area contributed by atoms with Gasteiger partial charge in [0.1, 0.15) is 12.2 Å². The molecule has 1 heterocycles. The minimum atomic E-state index is -0.538. The normalized spacial score (nSPS) is 15.0. The van der Waals surface area contributed by atoms with Crippen LogP contribution in [0.3, 0.4) is 0 Å². The average molecular weight is 471 g/mol. The molecule has 0 atom stereocenters. The molecule has 0 bridgehead atoms. The van der Waals surface area contributed by atoms with Gasteiger partial charge in [-0.25, -0.2) is 0 Å². The van der Waals surface area contributed by atoms with Crippen LogP contribution in [-0.4, -0.2) is 35.5 Å². The Bertz CT molecular complexity index is 1100. The van der Waals surface area contributed by atoms with Gasteiger partial charge in [0.05, 0.1) is 6.61 Å². The Balaban J connectivity index is 1.99. The number of amides is 2. The van der Waals surface area contributed by atoms with E-state index in [0.717, 1.165) is 11.1 Å². The summed E-state index contributed by atoms with van der Waals surface area (Å²) >= 11 is 11.0. The van der Waals surface area contributed by atoms with Crippen molar-refractivity contribution in [3.63, 3.8) is 0 Å². The molecule has 3 rings (SSSR count). The Labute approximate surface area is 197 Å². The van der Waals surface area contributed by atoms with Gasteiger partial charge in [-0.2, -0.15) is 0 Å². The van der Waals surface area contributed by atoms with E-state index in [2.05, 4.69) is 11.9 Å². The molecule has 0 aromatic heterocycles. The minimum absolute atomic E-state index is 0.0112. The van der Waals surface area contributed by atoms with Gasteiger partial charge in [0.15, 0.2) is 16.6 Å². The summed E-state index contributed by atoms with van der Waals surface area (Å²) in [5.74, 6) is 0.0937. The van der Waals surface area contributed by atoms with Crippen molar-refractivity contribution in [3.8, 4) is 11.5 Å². The average Bonchev–Trinajstić information content (AvgIpc) is 2.76. The summed E-state index contributed by atoms with van der Waals surface area (Å²) < 4.78 is 11.9. The van der Waals surface area contributed by atoms with Crippen LogP contribution in [0.15, 0.2) is 54.6 Å². The molecule has 0 saturated carbocycles. The lowest BCUT2D eigenvalue weighted by atomic mass is 10.0. The molecule has 1 saturated heterocycles. The van der Waals surface area contributed by atoms with Gasteiger partial charge in [-0.1, -0.05) is 29.8 Å². The summed E-state index contributed by atoms with van der Waals surface area (Å²) in [6, 6.07) is 11.0. The number of rotatable bonds is 8. The first-order valence-corrected chi connectivity index (χ1v) is 10.8. The highest BCUT2D eigenvalue weighted by Gasteiger charge is 2.31. The predicted molar refractivity (Wildman–Crippen MR) is 129 cm³/mol. The number of likely N-dealkylation sites (N-methyl/N-ethyl adjacent to an activating group) is 1. The van der Waals surface area contributed by atoms with E-state index in [1.54, 1.807) is 24.3 Å². The number of hydrogen-bond acceptors (Lipinski definition) is 5. The fraction of sp³-hybridized carbons (Fsp3) is 0.208. The number of nitrogens with zero attached hydrogens (tertiary/aromatic N) is 1. The van der Waals surface area contributed by atoms with Crippen LogP contribution in [0.1, 0.15) is 23.6 Å². The Morgan fingerprint density at radius 3 is 2.56 bits per heavy atom. The lowest BCUT2D eigenvalue weighted by molar-refractivity contribution is -0.128. The van der Waals surface area contributed by atoms with Crippen LogP contribution in [0.2, 0.25) is 5.02 Å². The van der Waals surface area contributed by atoms with E-state index in [4.69, 9.17) is 33.3 Å². The van der Waals surface area contributed by atoms with Crippen molar-refractivity contribution in [3.05, 3.63) is 76.3 Å². The van der Waals surface area contributed by atoms with Crippen molar-refractivity contribution in [2.24, 2.45) is 0 Å². The van der Waals surface area contributed by atoms with Crippen molar-refractivity contribution < 1.29 is 19.1 Å². The zero-order chi connectivity index (χ0) is 23.3. The van der Waals surface area contributed by atoms with Gasteiger partial charge in [-0.05, 0) is 67.0 Å². The second-order valence-electron chi connectivity index (χ2n) is 7.03. The molecule has 1 fully saturated rings. The van der Waals surface area contributed by atoms with E-state index < -0.39 is 11.8 Å². The fourth-order valence-corrected chi connectivity index (χ4v) is 3.45. The second-order valence-corrected chi connectivity index (χ2v) is 7.85. The number of benzene rings is 2. The van der Waals surface area contributed by atoms with E-state index in [9.17, 15) is 9.59 Å². The number of allylic oxidation sites excluding steroid dienone is 1. The maximum Gasteiger partial charge on any atom is 0.265 e. The molecule has 166 valence electrons. The van der Waals surface area contributed by atoms with Gasteiger partial charge in [-0.15, -0.1) is 6.58 Å². The zero-order valence-electron chi connectivity index (χ0n) is 17.8. The molecule has 1 aliphatic heterocycles. The quantitative estimate of drug-likeness (QED) is 0.269. The highest BCUT2D eigenvalue weighted by molar-refractivity contribution is 7.80. The lowest BCUT2D eigenvalue weighted by Crippen LogP contribution is -2.52. The summed E-state index contributed by atoms with van der Waals surface area (Å²) in [6.07, 6.45) is 3.78. The van der Waals surface area contributed by atoms with Crippen LogP contribution in [-0.2, 0) is 22.6 Å². The van der Waals surface area contributed by atoms with Crippen LogP contribution in [0.5, 0.6) is 11.5 Å². The Hall–Kier alpha value is -3.16. The predicted octanol–water partition coefficient (Wildman–Crippen LogP) is 4.30. The molecule has 32 heavy (non-hydrogen) atoms. The van der Waals surface area contributed by atoms with Crippen LogP contribution >= 0.6 is 23.8 Å². The largest absolute Gasteiger partial charge is 0.490 e. The minimum Gasteiger partial charge on any atom is -0.490 e. The van der Waals surface area contributed by atoms with Crippen molar-refractivity contribution >= 4 is 46.8 Å². The van der Waals surface area contributed by atoms with Gasteiger partial charge in [-0.3, -0.25) is 19.8 Å². The summed E-state index contributed by atoms with van der Waals surface area (Å²) in [7, 11) is 1.51. The molecule has 0 aliphatic carbocycles. The van der Waals surface area contributed by atoms with E-state index >= 15 is 0 Å². The Morgan fingerprint density at radius 1 is 1.19 bits per heavy atom. The third kappa shape index (κ3) is 5.36. The van der Waals surface area contributed by atoms with Crippen molar-refractivity contribution in [1.82, 2.24) is 10.2 Å². The molecule has 2 aromatic rings. The number of carbonyl (C=O) groups excluding carboxylic acids is 2. The van der Waals surface area contributed by atoms with Crippen LogP contribution in [0.25, 0.3) is 6.08 Å². The molecular weight excluding hydrogens is 448 g/mol. The molecule has 6 nitrogen and oxygen atoms in total. The Kier molecular flexibility index (Phi) is 7.66. The van der Waals surface area contributed by atoms with Gasteiger partial charge in [0, 0.05) is 17.6 Å². The van der Waals surface area contributed by atoms with Crippen molar-refractivity contribution in [2.45, 2.75) is 20.0 Å². The lowest BCUT2D eigenvalue weighted by Gasteiger charge is -2.25. The third-order valence-electron chi connectivity index (χ3n) is 4.73. The van der Waals surface area contributed by atoms with Gasteiger partial charge < -0.3 is 9.47 Å². The fourth-order valence-electron chi connectivity index (χ4n) is 3.15. The monoisotopic (exact) mass is 470 g/mol. The van der Waals surface area contributed by atoms with Crippen molar-refractivity contribution in [1.29, 1.82) is 0 Å². The van der Waals surface area contributed by atoms with E-state index in [-0.39, 0.29) is 10.7 Å². The summed E-state index contributed by atoms with van der Waals surface area (Å²) in [5, 5.41) is 3.24. The summed E-state index contributed by atoms with van der Waals surface area (Å²) in [5.41, 5.74) is 2.39. The zero-order valence-corrected chi connectivity index (χ0v) is 19.4. The van der Waals surface area contributed by atoms with E-state index in [0.29, 0.717) is 41.7 Å². The number of carbonyl (C=O) groups is 2. The molecule has 2 aromatic carbocycles. The standard InChI is InChI=1S/C24H23ClN2O4S/c1-4-6-17-11-16(12-19-22(28)26-24(32)27(3)23(19)29)13-20(30-5-2)21(17)31-14-15-7-9-18(25)10-8-15/h4,7-13H,1,5-6,14H2,2-3H3,(H,26,28,32)/b19-12+. The third-order valence-corrected chi connectivity index (χ3v) is 5.36. The van der Waals surface area contributed by atoms with E-state index in [1.165, 1.54) is 18.0 Å². The first kappa shape index (κ1) is 23.5. The highest BCUT2D eigenvalue weighted by atomic mass is 35.5. The molecule has 8 heteroatoms. The van der Waals surface area contributed by atoms with Crippen LogP contribution in [0.4, 0.5) is 0 Å². The summed E-state index contributed by atoms with van der Waals surface area (Å²) in [6.45, 7) is 6.44. The van der Waals surface area contributed by atoms with Gasteiger partial charge >= 0.3 is 0 Å². The SMILES string of the molecule is C=CCc1cc(/C=C2\C(=O)NC(=S)N(C)C2=O)cc(OCC)c1OCc1ccc(Cl)cc1. The highest BCUT2D eigenvalue weighted by Crippen LogP contribution is 2.35. The van der Waals surface area contributed by atoms with Gasteiger partial charge in [0.2, 0.25) is 0 Å². The topological polar surface area (TPSA) is 67.9 Å². The number of halogens is 1. The maximum absolute atomic E-state index is 12.5. The smallest absolute Gasteiger partial charge is 0.265 e. The molecule has 1 aliphatic rings. The molecule has 0 radical (unpaired) electrons. The second kappa shape index (κ2) is 10.4. The van der Waals surface area contributed by atoms with E-state index in [1.807, 2.05) is 25.1 Å². The maximum atomic E-state index is 12.5. The number of thiocarbonyl (C=S) groups is 1. The first-order chi connectivity index (χ1) is 15.3. The summed E-state index contributed by atoms with van der Waals surface area (Å²) in [4.78, 5) is 26.1. The first-order valence-electron chi connectivity index (χ1n) is 9.97. The van der Waals surface area contributed by atoms with Crippen molar-refractivity contribution in [2.75, 3.05) is 13.7 Å². The number of hydrogen-bond donors (Lipinski definition) is 1. The van der Waals surface area contributed by atoms with Gasteiger partial charge in [0.25, 0.3) is 11.8 Å².